The zero-order valence-corrected chi connectivity index (χ0v) is 20.3. The van der Waals surface area contributed by atoms with Crippen LogP contribution < -0.4 is 5.43 Å². The fourth-order valence-corrected chi connectivity index (χ4v) is 4.53. The zero-order valence-electron chi connectivity index (χ0n) is 20.3. The molecular weight excluding hydrogens is 480 g/mol. The predicted molar refractivity (Wildman–Crippen MR) is 148 cm³/mol. The fraction of sp³-hybridized carbons (Fsp3) is 0.0667. The first-order valence-corrected chi connectivity index (χ1v) is 12.0. The molecule has 0 saturated carbocycles. The Kier molecular flexibility index (Phi) is 6.95. The van der Waals surface area contributed by atoms with Gasteiger partial charge < -0.3 is 9.67 Å². The van der Waals surface area contributed by atoms with E-state index in [4.69, 9.17) is 0 Å². The molecule has 8 heteroatoms. The first-order chi connectivity index (χ1) is 18.5. The summed E-state index contributed by atoms with van der Waals surface area (Å²) in [4.78, 5) is 23.1. The minimum absolute atomic E-state index is 0.134. The Balaban J connectivity index is 1.44. The number of phenols is 1. The molecule has 0 atom stereocenters. The summed E-state index contributed by atoms with van der Waals surface area (Å²) >= 11 is 0. The smallest absolute Gasteiger partial charge is 0.270 e. The molecule has 0 spiro atoms. The molecule has 0 radical (unpaired) electrons. The number of hydrogen-bond donors (Lipinski definition) is 2. The lowest BCUT2D eigenvalue weighted by Gasteiger charge is -2.13. The van der Waals surface area contributed by atoms with E-state index in [0.717, 1.165) is 33.3 Å². The monoisotopic (exact) mass is 504 g/mol. The highest BCUT2D eigenvalue weighted by atomic mass is 16.6. The molecule has 4 aromatic carbocycles. The Morgan fingerprint density at radius 1 is 0.921 bits per heavy atom. The van der Waals surface area contributed by atoms with E-state index in [1.807, 2.05) is 48.5 Å². The highest BCUT2D eigenvalue weighted by molar-refractivity contribution is 6.04. The van der Waals surface area contributed by atoms with Gasteiger partial charge >= 0.3 is 0 Å². The largest absolute Gasteiger partial charge is 0.507 e. The number of nitro groups is 1. The summed E-state index contributed by atoms with van der Waals surface area (Å²) in [6, 6.07) is 32.0. The van der Waals surface area contributed by atoms with Crippen molar-refractivity contribution in [3.63, 3.8) is 0 Å². The molecule has 1 amide bonds. The van der Waals surface area contributed by atoms with Crippen molar-refractivity contribution in [1.82, 2.24) is 9.99 Å². The van der Waals surface area contributed by atoms with E-state index >= 15 is 0 Å². The molecule has 188 valence electrons. The number of para-hydroxylation sites is 1. The number of nitro benzene ring substituents is 1. The highest BCUT2D eigenvalue weighted by Gasteiger charge is 2.20. The summed E-state index contributed by atoms with van der Waals surface area (Å²) in [5.41, 5.74) is 7.69. The molecule has 0 fully saturated rings. The minimum Gasteiger partial charge on any atom is -0.507 e. The third-order valence-corrected chi connectivity index (χ3v) is 6.26. The van der Waals surface area contributed by atoms with E-state index in [0.29, 0.717) is 6.54 Å². The molecule has 0 aliphatic carbocycles. The van der Waals surface area contributed by atoms with Crippen molar-refractivity contribution in [1.29, 1.82) is 0 Å². The number of phenolic OH excluding ortho intramolecular Hbond substituents is 1. The average Bonchev–Trinajstić information content (AvgIpc) is 3.28. The van der Waals surface area contributed by atoms with Gasteiger partial charge in [0, 0.05) is 47.1 Å². The van der Waals surface area contributed by atoms with Crippen LogP contribution in [0.25, 0.3) is 33.3 Å². The second kappa shape index (κ2) is 10.8. The number of aromatic hydroxyl groups is 1. The number of fused-ring (bicyclic) bond motifs is 1. The van der Waals surface area contributed by atoms with Crippen LogP contribution in [-0.2, 0) is 11.3 Å². The van der Waals surface area contributed by atoms with Gasteiger partial charge in [0.15, 0.2) is 0 Å². The Morgan fingerprint density at radius 2 is 1.58 bits per heavy atom. The normalized spacial score (nSPS) is 11.2. The lowest BCUT2D eigenvalue weighted by molar-refractivity contribution is -0.384. The van der Waals surface area contributed by atoms with Crippen LogP contribution in [0.15, 0.2) is 108 Å². The number of nitrogens with one attached hydrogen (secondary N) is 1. The number of rotatable bonds is 8. The van der Waals surface area contributed by atoms with Gasteiger partial charge in [0.2, 0.25) is 5.91 Å². The van der Waals surface area contributed by atoms with Crippen molar-refractivity contribution in [3.8, 4) is 28.1 Å². The van der Waals surface area contributed by atoms with Gasteiger partial charge in [-0.1, -0.05) is 78.9 Å². The first-order valence-electron chi connectivity index (χ1n) is 12.0. The van der Waals surface area contributed by atoms with Crippen LogP contribution in [0.2, 0.25) is 0 Å². The van der Waals surface area contributed by atoms with Gasteiger partial charge in [0.25, 0.3) is 5.69 Å². The van der Waals surface area contributed by atoms with Crippen LogP contribution in [0.3, 0.4) is 0 Å². The van der Waals surface area contributed by atoms with Crippen LogP contribution in [0.4, 0.5) is 5.69 Å². The molecule has 0 aliphatic heterocycles. The molecule has 0 aliphatic rings. The summed E-state index contributed by atoms with van der Waals surface area (Å²) < 4.78 is 2.16. The molecule has 5 aromatic rings. The summed E-state index contributed by atoms with van der Waals surface area (Å²) in [6.07, 6.45) is 1.33. The zero-order chi connectivity index (χ0) is 26.5. The lowest BCUT2D eigenvalue weighted by Crippen LogP contribution is -2.19. The number of amides is 1. The predicted octanol–water partition coefficient (Wildman–Crippen LogP) is 6.13. The Labute approximate surface area is 218 Å². The number of hydrazone groups is 1. The number of aromatic nitrogens is 1. The number of aryl methyl sites for hydroxylation is 1. The number of hydrogen-bond acceptors (Lipinski definition) is 5. The maximum atomic E-state index is 12.7. The van der Waals surface area contributed by atoms with E-state index in [-0.39, 0.29) is 29.3 Å². The van der Waals surface area contributed by atoms with Crippen molar-refractivity contribution in [2.24, 2.45) is 5.10 Å². The third-order valence-electron chi connectivity index (χ3n) is 6.26. The van der Waals surface area contributed by atoms with Crippen molar-refractivity contribution >= 4 is 28.7 Å². The van der Waals surface area contributed by atoms with Gasteiger partial charge in [-0.25, -0.2) is 5.43 Å². The number of carbonyl (C=O) groups is 1. The van der Waals surface area contributed by atoms with Crippen LogP contribution >= 0.6 is 0 Å². The van der Waals surface area contributed by atoms with Crippen molar-refractivity contribution in [2.45, 2.75) is 13.0 Å². The number of benzene rings is 4. The summed E-state index contributed by atoms with van der Waals surface area (Å²) in [5.74, 6) is -0.502. The molecule has 8 nitrogen and oxygen atoms in total. The summed E-state index contributed by atoms with van der Waals surface area (Å²) in [7, 11) is 0. The van der Waals surface area contributed by atoms with Gasteiger partial charge in [0.05, 0.1) is 16.8 Å². The molecule has 0 bridgehead atoms. The fourth-order valence-electron chi connectivity index (χ4n) is 4.53. The molecule has 38 heavy (non-hydrogen) atoms. The number of nitrogens with zero attached hydrogens (tertiary/aromatic N) is 3. The molecule has 0 saturated heterocycles. The van der Waals surface area contributed by atoms with Crippen LogP contribution in [0, 0.1) is 10.1 Å². The van der Waals surface area contributed by atoms with E-state index in [1.54, 1.807) is 0 Å². The molecule has 2 N–H and O–H groups in total. The lowest BCUT2D eigenvalue weighted by atomic mass is 9.98. The Hall–Kier alpha value is -5.24. The van der Waals surface area contributed by atoms with Crippen LogP contribution in [0.1, 0.15) is 12.0 Å². The van der Waals surface area contributed by atoms with Crippen LogP contribution in [0.5, 0.6) is 5.75 Å². The maximum Gasteiger partial charge on any atom is 0.270 e. The topological polar surface area (TPSA) is 110 Å². The number of carbonyl (C=O) groups excluding carboxylic acids is 1. The van der Waals surface area contributed by atoms with Gasteiger partial charge in [0.1, 0.15) is 5.75 Å². The van der Waals surface area contributed by atoms with E-state index in [9.17, 15) is 20.0 Å². The number of non-ortho nitro benzene ring substituents is 1. The first kappa shape index (κ1) is 24.5. The quantitative estimate of drug-likeness (QED) is 0.150. The third kappa shape index (κ3) is 5.01. The molecule has 1 heterocycles. The van der Waals surface area contributed by atoms with Gasteiger partial charge in [-0.2, -0.15) is 5.10 Å². The van der Waals surface area contributed by atoms with Crippen molar-refractivity contribution < 1.29 is 14.8 Å². The maximum absolute atomic E-state index is 12.7. The highest BCUT2D eigenvalue weighted by Crippen LogP contribution is 2.41. The molecule has 0 unspecified atom stereocenters. The molecular formula is C30H24N4O4. The van der Waals surface area contributed by atoms with Gasteiger partial charge in [-0.15, -0.1) is 0 Å². The minimum atomic E-state index is -0.565. The van der Waals surface area contributed by atoms with E-state index in [2.05, 4.69) is 51.5 Å². The van der Waals surface area contributed by atoms with Gasteiger partial charge in [-0.3, -0.25) is 14.9 Å². The SMILES string of the molecule is O=C(CCn1c(-c2ccccc2)c(-c2ccccc2)c2ccccc21)NN=Cc1cc([N+](=O)[O-])ccc1O. The van der Waals surface area contributed by atoms with Crippen molar-refractivity contribution in [3.05, 3.63) is 119 Å². The second-order valence-corrected chi connectivity index (χ2v) is 8.67. The molecule has 5 rings (SSSR count). The Morgan fingerprint density at radius 3 is 2.29 bits per heavy atom. The molecule has 1 aromatic heterocycles. The van der Waals surface area contributed by atoms with E-state index in [1.165, 1.54) is 24.4 Å². The summed E-state index contributed by atoms with van der Waals surface area (Å²) in [6.45, 7) is 0.404. The summed E-state index contributed by atoms with van der Waals surface area (Å²) in [5, 5.41) is 25.9. The van der Waals surface area contributed by atoms with Crippen molar-refractivity contribution in [2.75, 3.05) is 0 Å². The second-order valence-electron chi connectivity index (χ2n) is 8.67. The van der Waals surface area contributed by atoms with Gasteiger partial charge in [-0.05, 0) is 23.3 Å². The average molecular weight is 505 g/mol. The van der Waals surface area contributed by atoms with E-state index < -0.39 is 4.92 Å². The Bertz CT molecular complexity index is 1640. The standard InChI is InChI=1S/C30H24N4O4/c35-27-16-15-24(34(37)38)19-23(27)20-31-32-28(36)17-18-33-26-14-8-7-13-25(26)29(21-9-3-1-4-10-21)30(33)22-11-5-2-6-12-22/h1-16,19-20,35H,17-18H2,(H,32,36). The van der Waals surface area contributed by atoms with Crippen LogP contribution in [-0.4, -0.2) is 26.7 Å².